The lowest BCUT2D eigenvalue weighted by Crippen LogP contribution is -2.45. The fraction of sp³-hybridized carbons (Fsp3) is 0.150. The van der Waals surface area contributed by atoms with Gasteiger partial charge in [-0.15, -0.1) is 0 Å². The average molecular weight is 384 g/mol. The van der Waals surface area contributed by atoms with E-state index in [-0.39, 0.29) is 11.3 Å². The second-order valence-corrected chi connectivity index (χ2v) is 7.85. The molecule has 0 fully saturated rings. The fourth-order valence-electron chi connectivity index (χ4n) is 2.79. The minimum absolute atomic E-state index is 0.0854. The standard InChI is InChI=1S/C20H20N2O4S/c1-26-17-9-6-14(7-10-17)12-19(20(21)23)22-27(24,25)18-11-8-15-4-2-3-5-16(15)13-18/h2-11,13,19,22H,12H2,1H3,(H2,21,23)/t19-/m0/s1. The SMILES string of the molecule is COc1ccc(C[C@H](NS(=O)(=O)c2ccc3ccccc3c2)C(N)=O)cc1. The number of hydrogen-bond donors (Lipinski definition) is 2. The van der Waals surface area contributed by atoms with Crippen molar-refractivity contribution in [2.45, 2.75) is 17.4 Å². The molecule has 0 aliphatic rings. The normalized spacial score (nSPS) is 12.6. The second kappa shape index (κ2) is 7.77. The number of primary amides is 1. The molecule has 0 radical (unpaired) electrons. The first kappa shape index (κ1) is 18.9. The van der Waals surface area contributed by atoms with Crippen molar-refractivity contribution in [1.82, 2.24) is 4.72 Å². The maximum atomic E-state index is 12.7. The Morgan fingerprint density at radius 3 is 2.33 bits per heavy atom. The Kier molecular flexibility index (Phi) is 5.43. The van der Waals surface area contributed by atoms with Gasteiger partial charge in [-0.2, -0.15) is 4.72 Å². The molecule has 3 rings (SSSR count). The van der Waals surface area contributed by atoms with Gasteiger partial charge in [0.1, 0.15) is 11.8 Å². The predicted octanol–water partition coefficient (Wildman–Crippen LogP) is 2.22. The Bertz CT molecular complexity index is 1060. The third-order valence-corrected chi connectivity index (χ3v) is 5.74. The lowest BCUT2D eigenvalue weighted by atomic mass is 10.1. The van der Waals surface area contributed by atoms with Crippen LogP contribution in [0, 0.1) is 0 Å². The molecule has 0 saturated heterocycles. The number of carbonyl (C=O) groups is 1. The summed E-state index contributed by atoms with van der Waals surface area (Å²) in [7, 11) is -2.35. The van der Waals surface area contributed by atoms with Gasteiger partial charge in [0, 0.05) is 0 Å². The summed E-state index contributed by atoms with van der Waals surface area (Å²) in [6.45, 7) is 0. The van der Waals surface area contributed by atoms with Gasteiger partial charge in [-0.05, 0) is 47.0 Å². The van der Waals surface area contributed by atoms with Crippen molar-refractivity contribution >= 4 is 26.7 Å². The summed E-state index contributed by atoms with van der Waals surface area (Å²) in [4.78, 5) is 11.9. The van der Waals surface area contributed by atoms with Crippen LogP contribution in [0.2, 0.25) is 0 Å². The number of hydrogen-bond acceptors (Lipinski definition) is 4. The van der Waals surface area contributed by atoms with Crippen molar-refractivity contribution in [3.8, 4) is 5.75 Å². The summed E-state index contributed by atoms with van der Waals surface area (Å²) in [5.41, 5.74) is 6.19. The number of rotatable bonds is 7. The topological polar surface area (TPSA) is 98.5 Å². The first-order valence-corrected chi connectivity index (χ1v) is 9.81. The molecule has 0 saturated carbocycles. The lowest BCUT2D eigenvalue weighted by Gasteiger charge is -2.16. The highest BCUT2D eigenvalue weighted by Crippen LogP contribution is 2.20. The van der Waals surface area contributed by atoms with E-state index in [2.05, 4.69) is 4.72 Å². The summed E-state index contributed by atoms with van der Waals surface area (Å²) in [5.74, 6) is -0.0682. The monoisotopic (exact) mass is 384 g/mol. The number of methoxy groups -OCH3 is 1. The fourth-order valence-corrected chi connectivity index (χ4v) is 4.03. The lowest BCUT2D eigenvalue weighted by molar-refractivity contribution is -0.119. The Morgan fingerprint density at radius 2 is 1.70 bits per heavy atom. The van der Waals surface area contributed by atoms with Gasteiger partial charge in [0.2, 0.25) is 15.9 Å². The van der Waals surface area contributed by atoms with Gasteiger partial charge in [-0.1, -0.05) is 42.5 Å². The van der Waals surface area contributed by atoms with Crippen LogP contribution in [0.15, 0.2) is 71.6 Å². The highest BCUT2D eigenvalue weighted by atomic mass is 32.2. The maximum Gasteiger partial charge on any atom is 0.241 e. The van der Waals surface area contributed by atoms with Crippen LogP contribution in [-0.2, 0) is 21.2 Å². The summed E-state index contributed by atoms with van der Waals surface area (Å²) >= 11 is 0. The molecule has 1 amide bonds. The van der Waals surface area contributed by atoms with E-state index >= 15 is 0 Å². The number of benzene rings is 3. The highest BCUT2D eigenvalue weighted by molar-refractivity contribution is 7.89. The van der Waals surface area contributed by atoms with Gasteiger partial charge in [0.25, 0.3) is 0 Å². The highest BCUT2D eigenvalue weighted by Gasteiger charge is 2.24. The first-order chi connectivity index (χ1) is 12.9. The molecular formula is C20H20N2O4S. The number of sulfonamides is 1. The zero-order chi connectivity index (χ0) is 19.4. The quantitative estimate of drug-likeness (QED) is 0.652. The molecule has 3 aromatic carbocycles. The number of nitrogens with one attached hydrogen (secondary N) is 1. The number of nitrogens with two attached hydrogens (primary N) is 1. The van der Waals surface area contributed by atoms with Gasteiger partial charge in [0.05, 0.1) is 12.0 Å². The van der Waals surface area contributed by atoms with Crippen LogP contribution >= 0.6 is 0 Å². The molecule has 0 unspecified atom stereocenters. The van der Waals surface area contributed by atoms with Crippen LogP contribution < -0.4 is 15.2 Å². The smallest absolute Gasteiger partial charge is 0.241 e. The van der Waals surface area contributed by atoms with Crippen LogP contribution in [0.1, 0.15) is 5.56 Å². The summed E-state index contributed by atoms with van der Waals surface area (Å²) < 4.78 is 33.0. The van der Waals surface area contributed by atoms with Crippen molar-refractivity contribution in [2.75, 3.05) is 7.11 Å². The van der Waals surface area contributed by atoms with E-state index in [1.807, 2.05) is 24.3 Å². The van der Waals surface area contributed by atoms with Gasteiger partial charge >= 0.3 is 0 Å². The number of ether oxygens (including phenoxy) is 1. The van der Waals surface area contributed by atoms with Gasteiger partial charge in [-0.25, -0.2) is 8.42 Å². The van der Waals surface area contributed by atoms with Crippen LogP contribution in [0.4, 0.5) is 0 Å². The van der Waals surface area contributed by atoms with Crippen molar-refractivity contribution in [3.63, 3.8) is 0 Å². The molecule has 1 atom stereocenters. The van der Waals surface area contributed by atoms with Crippen molar-refractivity contribution < 1.29 is 17.9 Å². The molecule has 3 aromatic rings. The molecule has 0 aliphatic carbocycles. The molecule has 0 aromatic heterocycles. The third-order valence-electron chi connectivity index (χ3n) is 4.27. The zero-order valence-corrected chi connectivity index (χ0v) is 15.6. The molecule has 6 nitrogen and oxygen atoms in total. The first-order valence-electron chi connectivity index (χ1n) is 8.32. The summed E-state index contributed by atoms with van der Waals surface area (Å²) in [5, 5.41) is 1.73. The van der Waals surface area contributed by atoms with E-state index in [0.717, 1.165) is 16.3 Å². The van der Waals surface area contributed by atoms with E-state index in [9.17, 15) is 13.2 Å². The van der Waals surface area contributed by atoms with Gasteiger partial charge in [-0.3, -0.25) is 4.79 Å². The number of amides is 1. The van der Waals surface area contributed by atoms with Crippen LogP contribution in [-0.4, -0.2) is 27.5 Å². The van der Waals surface area contributed by atoms with E-state index in [4.69, 9.17) is 10.5 Å². The molecule has 0 aliphatic heterocycles. The number of carbonyl (C=O) groups excluding carboxylic acids is 1. The van der Waals surface area contributed by atoms with Gasteiger partial charge < -0.3 is 10.5 Å². The predicted molar refractivity (Wildman–Crippen MR) is 104 cm³/mol. The van der Waals surface area contributed by atoms with Crippen molar-refractivity contribution in [2.24, 2.45) is 5.73 Å². The van der Waals surface area contributed by atoms with E-state index in [1.165, 1.54) is 6.07 Å². The molecule has 3 N–H and O–H groups in total. The Balaban J connectivity index is 1.84. The Hall–Kier alpha value is -2.90. The van der Waals surface area contributed by atoms with Crippen LogP contribution in [0.25, 0.3) is 10.8 Å². The molecule has 140 valence electrons. The molecular weight excluding hydrogens is 364 g/mol. The van der Waals surface area contributed by atoms with Gasteiger partial charge in [0.15, 0.2) is 0 Å². The second-order valence-electron chi connectivity index (χ2n) is 6.14. The Morgan fingerprint density at radius 1 is 1.04 bits per heavy atom. The van der Waals surface area contributed by atoms with Crippen molar-refractivity contribution in [3.05, 3.63) is 72.3 Å². The summed E-state index contributed by atoms with van der Waals surface area (Å²) in [6, 6.07) is 18.2. The minimum atomic E-state index is -3.90. The average Bonchev–Trinajstić information content (AvgIpc) is 2.67. The Labute approximate surface area is 158 Å². The minimum Gasteiger partial charge on any atom is -0.497 e. The third kappa shape index (κ3) is 4.45. The van der Waals surface area contributed by atoms with Crippen molar-refractivity contribution in [1.29, 1.82) is 0 Å². The number of fused-ring (bicyclic) bond motifs is 1. The maximum absolute atomic E-state index is 12.7. The molecule has 0 bridgehead atoms. The zero-order valence-electron chi connectivity index (χ0n) is 14.8. The molecule has 7 heteroatoms. The van der Waals surface area contributed by atoms with Crippen LogP contribution in [0.5, 0.6) is 5.75 Å². The van der Waals surface area contributed by atoms with Crippen LogP contribution in [0.3, 0.4) is 0 Å². The molecule has 27 heavy (non-hydrogen) atoms. The summed E-state index contributed by atoms with van der Waals surface area (Å²) in [6.07, 6.45) is 0.145. The molecule has 0 spiro atoms. The van der Waals surface area contributed by atoms with E-state index in [0.29, 0.717) is 5.75 Å². The largest absolute Gasteiger partial charge is 0.497 e. The molecule has 0 heterocycles. The van der Waals surface area contributed by atoms with E-state index in [1.54, 1.807) is 43.5 Å². The van der Waals surface area contributed by atoms with E-state index < -0.39 is 22.0 Å².